The van der Waals surface area contributed by atoms with Crippen molar-refractivity contribution in [1.29, 1.82) is 0 Å². The number of hydrazine groups is 1. The van der Waals surface area contributed by atoms with Gasteiger partial charge >= 0.3 is 18.4 Å². The summed E-state index contributed by atoms with van der Waals surface area (Å²) in [6, 6.07) is 3.41. The number of alkyl carbamates (subject to hydrolysis) is 1. The number of rotatable bonds is 8. The van der Waals surface area contributed by atoms with Gasteiger partial charge in [-0.05, 0) is 83.4 Å². The number of halogens is 7. The van der Waals surface area contributed by atoms with Crippen LogP contribution in [0.15, 0.2) is 47.4 Å². The summed E-state index contributed by atoms with van der Waals surface area (Å²) in [4.78, 5) is 37.0. The number of nitrogens with zero attached hydrogens (tertiary/aromatic N) is 1. The van der Waals surface area contributed by atoms with Gasteiger partial charge in [0.1, 0.15) is 11.4 Å². The van der Waals surface area contributed by atoms with Gasteiger partial charge in [-0.2, -0.15) is 26.3 Å². The van der Waals surface area contributed by atoms with Crippen molar-refractivity contribution in [2.24, 2.45) is 0 Å². The Morgan fingerprint density at radius 3 is 1.98 bits per heavy atom. The smallest absolute Gasteiger partial charge is 0.430 e. The lowest BCUT2D eigenvalue weighted by atomic mass is 9.87. The lowest BCUT2D eigenvalue weighted by Gasteiger charge is -2.39. The lowest BCUT2D eigenvalue weighted by molar-refractivity contribution is -0.376. The third-order valence-corrected chi connectivity index (χ3v) is 9.09. The molecular formula is C30H35F7N4O7S. The Morgan fingerprint density at radius 2 is 1.45 bits per heavy atom. The first-order valence-electron chi connectivity index (χ1n) is 14.6. The quantitative estimate of drug-likeness (QED) is 0.223. The fraction of sp³-hybridized carbons (Fsp3) is 0.500. The molecule has 0 aliphatic carbocycles. The predicted molar refractivity (Wildman–Crippen MR) is 160 cm³/mol. The molecule has 0 unspecified atom stereocenters. The zero-order valence-corrected chi connectivity index (χ0v) is 27.7. The van der Waals surface area contributed by atoms with E-state index in [4.69, 9.17) is 4.74 Å². The predicted octanol–water partition coefficient (Wildman–Crippen LogP) is 4.88. The van der Waals surface area contributed by atoms with E-state index in [9.17, 15) is 58.6 Å². The van der Waals surface area contributed by atoms with E-state index in [-0.39, 0.29) is 36.6 Å². The van der Waals surface area contributed by atoms with Crippen LogP contribution in [0.5, 0.6) is 0 Å². The van der Waals surface area contributed by atoms with Gasteiger partial charge in [-0.1, -0.05) is 12.1 Å². The molecule has 0 fully saturated rings. The standard InChI is InChI=1S/C30H35F7N4O7S/c1-26(2,3)48-25(44)38-27(4,5)16-24(43)40-39-23(42)15-20-10-6-17-14-18(28(45,29(32,33)34)30(35,36)37)7-13-22(17)41(20)49(46,47)21-11-8-19(31)9-12-21/h7-9,11-14,20,45H,6,10,15-16H2,1-5H3,(H,38,44)(H,39,42)(H,40,43)/t20-/m0/s1. The molecule has 2 aromatic rings. The Bertz CT molecular complexity index is 1660. The number of carbonyl (C=O) groups excluding carboxylic acids is 3. The number of aryl methyl sites for hydroxylation is 1. The fourth-order valence-electron chi connectivity index (χ4n) is 5.05. The summed E-state index contributed by atoms with van der Waals surface area (Å²) in [5.41, 5.74) is -5.30. The Labute approximate surface area is 277 Å². The molecule has 0 spiro atoms. The van der Waals surface area contributed by atoms with Crippen molar-refractivity contribution in [3.8, 4) is 0 Å². The zero-order valence-electron chi connectivity index (χ0n) is 26.8. The van der Waals surface area contributed by atoms with Crippen molar-refractivity contribution >= 4 is 33.6 Å². The van der Waals surface area contributed by atoms with Crippen molar-refractivity contribution < 1.29 is 63.4 Å². The Balaban J connectivity index is 1.89. The molecule has 0 saturated heterocycles. The second kappa shape index (κ2) is 13.6. The fourth-order valence-corrected chi connectivity index (χ4v) is 6.77. The van der Waals surface area contributed by atoms with E-state index in [1.54, 1.807) is 20.8 Å². The number of aliphatic hydroxyl groups is 1. The number of nitrogens with one attached hydrogen (secondary N) is 3. The topological polar surface area (TPSA) is 154 Å². The summed E-state index contributed by atoms with van der Waals surface area (Å²) in [6.45, 7) is 7.92. The Kier molecular flexibility index (Phi) is 10.9. The van der Waals surface area contributed by atoms with Crippen molar-refractivity contribution in [3.05, 3.63) is 59.4 Å². The summed E-state index contributed by atoms with van der Waals surface area (Å²) in [5, 5.41) is 12.4. The van der Waals surface area contributed by atoms with Gasteiger partial charge in [0.05, 0.1) is 23.0 Å². The highest BCUT2D eigenvalue weighted by Crippen LogP contribution is 2.51. The minimum atomic E-state index is -6.19. The van der Waals surface area contributed by atoms with Crippen LogP contribution in [-0.4, -0.2) is 61.0 Å². The number of carbonyl (C=O) groups is 3. The van der Waals surface area contributed by atoms with Crippen LogP contribution >= 0.6 is 0 Å². The maximum atomic E-state index is 13.8. The van der Waals surface area contributed by atoms with Gasteiger partial charge in [-0.25, -0.2) is 17.6 Å². The molecular weight excluding hydrogens is 693 g/mol. The van der Waals surface area contributed by atoms with E-state index in [1.165, 1.54) is 13.8 Å². The number of hydrogen-bond donors (Lipinski definition) is 4. The summed E-state index contributed by atoms with van der Waals surface area (Å²) >= 11 is 0. The summed E-state index contributed by atoms with van der Waals surface area (Å²) in [5.74, 6) is -2.51. The molecule has 272 valence electrons. The third-order valence-electron chi connectivity index (χ3n) is 7.21. The Hall–Kier alpha value is -4.13. The van der Waals surface area contributed by atoms with E-state index in [1.807, 2.05) is 0 Å². The number of alkyl halides is 6. The number of amides is 3. The largest absolute Gasteiger partial charge is 0.444 e. The third kappa shape index (κ3) is 9.11. The molecule has 1 aliphatic rings. The SMILES string of the molecule is CC(C)(CC(=O)NNC(=O)C[C@@H]1CCc2cc(C(O)(C(F)(F)F)C(F)(F)F)ccc2N1S(=O)(=O)c1ccc(F)cc1)NC(=O)OC(C)(C)C. The van der Waals surface area contributed by atoms with Gasteiger partial charge in [0.2, 0.25) is 11.8 Å². The molecule has 0 aromatic heterocycles. The van der Waals surface area contributed by atoms with Crippen LogP contribution < -0.4 is 20.5 Å². The number of fused-ring (bicyclic) bond motifs is 1. The number of anilines is 1. The molecule has 1 atom stereocenters. The zero-order chi connectivity index (χ0) is 37.4. The number of ether oxygens (including phenoxy) is 1. The van der Waals surface area contributed by atoms with Gasteiger partial charge < -0.3 is 15.2 Å². The van der Waals surface area contributed by atoms with E-state index in [0.29, 0.717) is 16.4 Å². The van der Waals surface area contributed by atoms with E-state index >= 15 is 0 Å². The van der Waals surface area contributed by atoms with Crippen molar-refractivity contribution in [1.82, 2.24) is 16.2 Å². The van der Waals surface area contributed by atoms with E-state index < -0.39 is 85.8 Å². The minimum Gasteiger partial charge on any atom is -0.444 e. The molecule has 1 aliphatic heterocycles. The van der Waals surface area contributed by atoms with Gasteiger partial charge in [-0.3, -0.25) is 24.7 Å². The first-order chi connectivity index (χ1) is 22.2. The molecule has 3 amide bonds. The van der Waals surface area contributed by atoms with E-state index in [0.717, 1.165) is 24.3 Å². The summed E-state index contributed by atoms with van der Waals surface area (Å²) in [6.07, 6.45) is -14.8. The monoisotopic (exact) mass is 728 g/mol. The Morgan fingerprint density at radius 1 is 0.898 bits per heavy atom. The minimum absolute atomic E-state index is 0.280. The highest BCUT2D eigenvalue weighted by atomic mass is 32.2. The summed E-state index contributed by atoms with van der Waals surface area (Å²) in [7, 11) is -4.73. The highest BCUT2D eigenvalue weighted by molar-refractivity contribution is 7.92. The normalized spacial score (nSPS) is 16.0. The van der Waals surface area contributed by atoms with Crippen LogP contribution in [0.4, 0.5) is 41.2 Å². The van der Waals surface area contributed by atoms with Crippen LogP contribution in [0.3, 0.4) is 0 Å². The molecule has 19 heteroatoms. The van der Waals surface area contributed by atoms with Crippen LogP contribution in [-0.2, 0) is 36.4 Å². The van der Waals surface area contributed by atoms with Gasteiger partial charge in [-0.15, -0.1) is 0 Å². The first-order valence-corrected chi connectivity index (χ1v) is 16.0. The number of benzene rings is 2. The summed E-state index contributed by atoms with van der Waals surface area (Å²) < 4.78 is 128. The van der Waals surface area contributed by atoms with Gasteiger partial charge in [0.25, 0.3) is 15.6 Å². The average Bonchev–Trinajstić information content (AvgIpc) is 2.92. The van der Waals surface area contributed by atoms with Crippen molar-refractivity contribution in [2.45, 2.75) is 100 Å². The molecule has 3 rings (SSSR count). The van der Waals surface area contributed by atoms with Gasteiger partial charge in [0, 0.05) is 17.5 Å². The van der Waals surface area contributed by atoms with Crippen LogP contribution in [0.25, 0.3) is 0 Å². The molecule has 2 aromatic carbocycles. The molecule has 0 bridgehead atoms. The number of sulfonamides is 1. The van der Waals surface area contributed by atoms with E-state index in [2.05, 4.69) is 16.2 Å². The lowest BCUT2D eigenvalue weighted by Crippen LogP contribution is -2.54. The van der Waals surface area contributed by atoms with Crippen LogP contribution in [0.2, 0.25) is 0 Å². The first kappa shape index (κ1) is 39.3. The van der Waals surface area contributed by atoms with Crippen LogP contribution in [0.1, 0.15) is 65.0 Å². The number of hydrogen-bond acceptors (Lipinski definition) is 7. The van der Waals surface area contributed by atoms with Crippen LogP contribution in [0, 0.1) is 5.82 Å². The molecule has 49 heavy (non-hydrogen) atoms. The maximum Gasteiger partial charge on any atom is 0.430 e. The molecule has 1 heterocycles. The molecule has 4 N–H and O–H groups in total. The van der Waals surface area contributed by atoms with Gasteiger partial charge in [0.15, 0.2) is 0 Å². The molecule has 0 radical (unpaired) electrons. The maximum absolute atomic E-state index is 13.8. The van der Waals surface area contributed by atoms with Crippen molar-refractivity contribution in [3.63, 3.8) is 0 Å². The second-order valence-corrected chi connectivity index (χ2v) is 14.8. The second-order valence-electron chi connectivity index (χ2n) is 13.0. The molecule has 0 saturated carbocycles. The molecule has 11 nitrogen and oxygen atoms in total. The van der Waals surface area contributed by atoms with Crippen molar-refractivity contribution in [2.75, 3.05) is 4.31 Å². The average molecular weight is 729 g/mol. The highest BCUT2D eigenvalue weighted by Gasteiger charge is 2.71.